The third-order valence-corrected chi connectivity index (χ3v) is 6.95. The van der Waals surface area contributed by atoms with E-state index in [9.17, 15) is 9.59 Å². The van der Waals surface area contributed by atoms with Crippen molar-refractivity contribution in [3.8, 4) is 0 Å². The normalized spacial score (nSPS) is 25.7. The lowest BCUT2D eigenvalue weighted by molar-refractivity contribution is -0.146. The molecule has 3 aliphatic rings. The van der Waals surface area contributed by atoms with Crippen LogP contribution in [0.5, 0.6) is 0 Å². The molecule has 3 heterocycles. The Kier molecular flexibility index (Phi) is 4.77. The van der Waals surface area contributed by atoms with Gasteiger partial charge in [0.05, 0.1) is 11.1 Å². The second-order valence-electron chi connectivity index (χ2n) is 8.92. The van der Waals surface area contributed by atoms with Crippen molar-refractivity contribution in [2.45, 2.75) is 58.8 Å². The Morgan fingerprint density at radius 3 is 2.67 bits per heavy atom. The van der Waals surface area contributed by atoms with Crippen LogP contribution in [0.2, 0.25) is 0 Å². The van der Waals surface area contributed by atoms with Crippen LogP contribution in [0.3, 0.4) is 0 Å². The zero-order valence-electron chi connectivity index (χ0n) is 17.0. The summed E-state index contributed by atoms with van der Waals surface area (Å²) in [6.45, 7) is 7.26. The van der Waals surface area contributed by atoms with E-state index in [0.29, 0.717) is 18.9 Å². The number of hydrogen-bond donors (Lipinski definition) is 0. The molecule has 1 atom stereocenters. The van der Waals surface area contributed by atoms with E-state index in [4.69, 9.17) is 0 Å². The highest BCUT2D eigenvalue weighted by atomic mass is 16.2. The third kappa shape index (κ3) is 3.50. The molecule has 0 bridgehead atoms. The summed E-state index contributed by atoms with van der Waals surface area (Å²) >= 11 is 0. The summed E-state index contributed by atoms with van der Waals surface area (Å²) in [5, 5.41) is 4.44. The molecule has 3 fully saturated rings. The fourth-order valence-corrected chi connectivity index (χ4v) is 4.97. The van der Waals surface area contributed by atoms with Gasteiger partial charge in [0.15, 0.2) is 0 Å². The van der Waals surface area contributed by atoms with E-state index in [2.05, 4.69) is 16.9 Å². The molecule has 148 valence electrons. The Hall–Kier alpha value is -1.85. The van der Waals surface area contributed by atoms with Crippen molar-refractivity contribution in [3.63, 3.8) is 0 Å². The minimum atomic E-state index is -0.303. The quantitative estimate of drug-likeness (QED) is 0.796. The minimum absolute atomic E-state index is 0.182. The van der Waals surface area contributed by atoms with Gasteiger partial charge < -0.3 is 9.80 Å². The zero-order valence-corrected chi connectivity index (χ0v) is 17.0. The van der Waals surface area contributed by atoms with Crippen molar-refractivity contribution in [2.75, 3.05) is 26.2 Å². The van der Waals surface area contributed by atoms with Gasteiger partial charge in [-0.15, -0.1) is 0 Å². The predicted molar refractivity (Wildman–Crippen MR) is 103 cm³/mol. The summed E-state index contributed by atoms with van der Waals surface area (Å²) in [7, 11) is 1.94. The molecule has 4 rings (SSSR count). The number of amides is 2. The SMILES string of the molecule is Cc1nn(C)c(C)c1CCC(=O)N1CCC2(CCCN(CC3CC3)C2=O)C1. The maximum absolute atomic E-state index is 13.1. The molecule has 1 saturated carbocycles. The van der Waals surface area contributed by atoms with Crippen LogP contribution in [-0.4, -0.2) is 57.6 Å². The summed E-state index contributed by atoms with van der Waals surface area (Å²) in [6, 6.07) is 0. The van der Waals surface area contributed by atoms with Gasteiger partial charge in [0.1, 0.15) is 0 Å². The molecule has 1 aliphatic carbocycles. The molecule has 2 saturated heterocycles. The second kappa shape index (κ2) is 6.95. The Labute approximate surface area is 161 Å². The van der Waals surface area contributed by atoms with E-state index in [1.165, 1.54) is 18.4 Å². The number of carbonyl (C=O) groups is 2. The summed E-state index contributed by atoms with van der Waals surface area (Å²) in [5.74, 6) is 1.23. The van der Waals surface area contributed by atoms with Gasteiger partial charge in [-0.05, 0) is 63.9 Å². The Morgan fingerprint density at radius 1 is 1.22 bits per heavy atom. The molecule has 1 aromatic rings. The average Bonchev–Trinajstić information content (AvgIpc) is 3.29. The van der Waals surface area contributed by atoms with Crippen molar-refractivity contribution in [1.82, 2.24) is 19.6 Å². The lowest BCUT2D eigenvalue weighted by Crippen LogP contribution is -2.50. The Bertz CT molecular complexity index is 752. The molecule has 6 heteroatoms. The third-order valence-electron chi connectivity index (χ3n) is 6.95. The first-order chi connectivity index (χ1) is 12.9. The molecule has 0 aromatic carbocycles. The molecule has 6 nitrogen and oxygen atoms in total. The van der Waals surface area contributed by atoms with Crippen LogP contribution in [0.1, 0.15) is 55.5 Å². The first kappa shape index (κ1) is 18.5. The molecule has 0 N–H and O–H groups in total. The Morgan fingerprint density at radius 2 is 2.00 bits per heavy atom. The highest BCUT2D eigenvalue weighted by molar-refractivity contribution is 5.86. The van der Waals surface area contributed by atoms with Gasteiger partial charge in [-0.2, -0.15) is 5.10 Å². The van der Waals surface area contributed by atoms with Crippen LogP contribution < -0.4 is 0 Å². The number of rotatable bonds is 5. The van der Waals surface area contributed by atoms with Crippen LogP contribution in [0.4, 0.5) is 0 Å². The maximum Gasteiger partial charge on any atom is 0.230 e. The number of piperidine rings is 1. The number of aryl methyl sites for hydroxylation is 2. The molecule has 1 unspecified atom stereocenters. The van der Waals surface area contributed by atoms with Gasteiger partial charge in [0.2, 0.25) is 11.8 Å². The second-order valence-corrected chi connectivity index (χ2v) is 8.92. The summed E-state index contributed by atoms with van der Waals surface area (Å²) in [4.78, 5) is 30.0. The van der Waals surface area contributed by atoms with Crippen LogP contribution in [0.15, 0.2) is 0 Å². The van der Waals surface area contributed by atoms with E-state index in [1.54, 1.807) is 0 Å². The van der Waals surface area contributed by atoms with Gasteiger partial charge in [0, 0.05) is 45.3 Å². The number of nitrogens with zero attached hydrogens (tertiary/aromatic N) is 4. The van der Waals surface area contributed by atoms with Crippen LogP contribution >= 0.6 is 0 Å². The van der Waals surface area contributed by atoms with Crippen molar-refractivity contribution < 1.29 is 9.59 Å². The van der Waals surface area contributed by atoms with Crippen LogP contribution in [-0.2, 0) is 23.1 Å². The van der Waals surface area contributed by atoms with E-state index in [1.807, 2.05) is 23.6 Å². The van der Waals surface area contributed by atoms with E-state index < -0.39 is 0 Å². The number of hydrogen-bond acceptors (Lipinski definition) is 3. The molecule has 2 amide bonds. The maximum atomic E-state index is 13.1. The lowest BCUT2D eigenvalue weighted by Gasteiger charge is -2.39. The largest absolute Gasteiger partial charge is 0.342 e. The van der Waals surface area contributed by atoms with Crippen molar-refractivity contribution >= 4 is 11.8 Å². The highest BCUT2D eigenvalue weighted by Gasteiger charge is 2.49. The molecular formula is C21H32N4O2. The first-order valence-electron chi connectivity index (χ1n) is 10.5. The van der Waals surface area contributed by atoms with Gasteiger partial charge in [0.25, 0.3) is 0 Å². The highest BCUT2D eigenvalue weighted by Crippen LogP contribution is 2.41. The fraction of sp³-hybridized carbons (Fsp3) is 0.762. The summed E-state index contributed by atoms with van der Waals surface area (Å²) in [6.07, 6.45) is 6.64. The molecular weight excluding hydrogens is 340 g/mol. The molecule has 0 radical (unpaired) electrons. The standard InChI is InChI=1S/C21H32N4O2/c1-15-18(16(2)23(3)22-15)7-8-19(26)25-12-10-21(14-25)9-4-11-24(20(21)27)13-17-5-6-17/h17H,4-14H2,1-3H3. The summed E-state index contributed by atoms with van der Waals surface area (Å²) in [5.41, 5.74) is 3.03. The Balaban J connectivity index is 1.36. The fourth-order valence-electron chi connectivity index (χ4n) is 4.97. The van der Waals surface area contributed by atoms with Crippen molar-refractivity contribution in [3.05, 3.63) is 17.0 Å². The van der Waals surface area contributed by atoms with E-state index >= 15 is 0 Å². The van der Waals surface area contributed by atoms with E-state index in [-0.39, 0.29) is 11.3 Å². The molecule has 2 aliphatic heterocycles. The first-order valence-corrected chi connectivity index (χ1v) is 10.5. The topological polar surface area (TPSA) is 58.4 Å². The van der Waals surface area contributed by atoms with Crippen molar-refractivity contribution in [2.24, 2.45) is 18.4 Å². The van der Waals surface area contributed by atoms with Gasteiger partial charge >= 0.3 is 0 Å². The monoisotopic (exact) mass is 372 g/mol. The molecule has 1 aromatic heterocycles. The van der Waals surface area contributed by atoms with Gasteiger partial charge in [-0.1, -0.05) is 0 Å². The smallest absolute Gasteiger partial charge is 0.230 e. The number of likely N-dealkylation sites (tertiary alicyclic amines) is 2. The van der Waals surface area contributed by atoms with E-state index in [0.717, 1.165) is 62.6 Å². The van der Waals surface area contributed by atoms with Crippen LogP contribution in [0.25, 0.3) is 0 Å². The number of aromatic nitrogens is 2. The summed E-state index contributed by atoms with van der Waals surface area (Å²) < 4.78 is 1.88. The zero-order chi connectivity index (χ0) is 19.2. The predicted octanol–water partition coefficient (Wildman–Crippen LogP) is 2.22. The average molecular weight is 373 g/mol. The van der Waals surface area contributed by atoms with Crippen LogP contribution in [0, 0.1) is 25.2 Å². The lowest BCUT2D eigenvalue weighted by atomic mass is 9.78. The van der Waals surface area contributed by atoms with Gasteiger partial charge in [-0.3, -0.25) is 14.3 Å². The molecule has 27 heavy (non-hydrogen) atoms. The number of carbonyl (C=O) groups excluding carboxylic acids is 2. The van der Waals surface area contributed by atoms with Gasteiger partial charge in [-0.25, -0.2) is 0 Å². The minimum Gasteiger partial charge on any atom is -0.342 e. The molecule has 1 spiro atoms. The van der Waals surface area contributed by atoms with Crippen molar-refractivity contribution in [1.29, 1.82) is 0 Å².